The topological polar surface area (TPSA) is 85.5 Å². The van der Waals surface area contributed by atoms with Crippen LogP contribution in [0.25, 0.3) is 0 Å². The second kappa shape index (κ2) is 4.39. The number of rotatable bonds is 3. The molecular weight excluding hydrogens is 252 g/mol. The number of hydrogen-bond donors (Lipinski definition) is 1. The number of halogens is 4. The predicted octanol–water partition coefficient (Wildman–Crippen LogP) is 2.06. The highest BCUT2D eigenvalue weighted by molar-refractivity contribution is 5.46. The van der Waals surface area contributed by atoms with Gasteiger partial charge in [-0.15, -0.1) is 13.2 Å². The van der Waals surface area contributed by atoms with Crippen LogP contribution in [0, 0.1) is 10.1 Å². The standard InChI is InChI=1S/C7H4F4N2O4/c8-2-3-5(17-7(9,10)11)1-4(14)6(12-3)13(15)16/h1,14H,2H2. The SMILES string of the molecule is O=[N+]([O-])c1nc(CF)c(OC(F)(F)F)cc1O. The Morgan fingerprint density at radius 3 is 2.53 bits per heavy atom. The maximum absolute atomic E-state index is 12.3. The van der Waals surface area contributed by atoms with E-state index in [0.717, 1.165) is 0 Å². The van der Waals surface area contributed by atoms with E-state index in [4.69, 9.17) is 5.11 Å². The molecule has 0 saturated heterocycles. The lowest BCUT2D eigenvalue weighted by molar-refractivity contribution is -0.390. The highest BCUT2D eigenvalue weighted by Crippen LogP contribution is 2.33. The zero-order valence-electron chi connectivity index (χ0n) is 7.86. The third kappa shape index (κ3) is 3.16. The normalized spacial score (nSPS) is 11.3. The van der Waals surface area contributed by atoms with Crippen molar-refractivity contribution >= 4 is 5.82 Å². The van der Waals surface area contributed by atoms with Gasteiger partial charge < -0.3 is 20.0 Å². The number of aromatic hydroxyl groups is 1. The van der Waals surface area contributed by atoms with Gasteiger partial charge in [-0.3, -0.25) is 0 Å². The van der Waals surface area contributed by atoms with E-state index < -0.39 is 41.0 Å². The Morgan fingerprint density at radius 1 is 1.53 bits per heavy atom. The summed E-state index contributed by atoms with van der Waals surface area (Å²) in [4.78, 5) is 12.0. The number of nitrogens with zero attached hydrogens (tertiary/aromatic N) is 2. The zero-order valence-corrected chi connectivity index (χ0v) is 7.86. The van der Waals surface area contributed by atoms with E-state index in [0.29, 0.717) is 0 Å². The van der Waals surface area contributed by atoms with Gasteiger partial charge in [0.25, 0.3) is 0 Å². The number of hydrogen-bond acceptors (Lipinski definition) is 5. The molecule has 1 heterocycles. The van der Waals surface area contributed by atoms with E-state index in [1.165, 1.54) is 0 Å². The number of pyridine rings is 1. The zero-order chi connectivity index (χ0) is 13.2. The quantitative estimate of drug-likeness (QED) is 0.508. The Kier molecular flexibility index (Phi) is 3.34. The molecule has 6 nitrogen and oxygen atoms in total. The highest BCUT2D eigenvalue weighted by atomic mass is 19.4. The third-order valence-corrected chi connectivity index (χ3v) is 1.55. The maximum Gasteiger partial charge on any atom is 0.573 e. The van der Waals surface area contributed by atoms with Crippen molar-refractivity contribution in [2.24, 2.45) is 0 Å². The van der Waals surface area contributed by atoms with Crippen molar-refractivity contribution in [2.75, 3.05) is 0 Å². The first-order valence-electron chi connectivity index (χ1n) is 3.93. The molecule has 1 aromatic heterocycles. The molecule has 94 valence electrons. The second-order valence-electron chi connectivity index (χ2n) is 2.71. The van der Waals surface area contributed by atoms with Crippen LogP contribution in [0.3, 0.4) is 0 Å². The van der Waals surface area contributed by atoms with Crippen molar-refractivity contribution in [2.45, 2.75) is 13.0 Å². The third-order valence-electron chi connectivity index (χ3n) is 1.55. The first-order chi connectivity index (χ1) is 7.74. The Hall–Kier alpha value is -2.13. The molecule has 0 unspecified atom stereocenters. The number of aromatic nitrogens is 1. The lowest BCUT2D eigenvalue weighted by Crippen LogP contribution is -2.18. The number of ether oxygens (including phenoxy) is 1. The van der Waals surface area contributed by atoms with E-state index in [2.05, 4.69) is 9.72 Å². The molecule has 0 fully saturated rings. The van der Waals surface area contributed by atoms with Crippen LogP contribution in [0.5, 0.6) is 11.5 Å². The lowest BCUT2D eigenvalue weighted by Gasteiger charge is -2.09. The van der Waals surface area contributed by atoms with Crippen molar-refractivity contribution < 1.29 is 32.3 Å². The highest BCUT2D eigenvalue weighted by Gasteiger charge is 2.35. The van der Waals surface area contributed by atoms with Gasteiger partial charge in [-0.1, -0.05) is 0 Å². The summed E-state index contributed by atoms with van der Waals surface area (Å²) >= 11 is 0. The van der Waals surface area contributed by atoms with Gasteiger partial charge in [-0.05, 0) is 9.91 Å². The second-order valence-corrected chi connectivity index (χ2v) is 2.71. The van der Waals surface area contributed by atoms with Crippen molar-refractivity contribution in [3.05, 3.63) is 21.9 Å². The summed E-state index contributed by atoms with van der Waals surface area (Å²) in [6.07, 6.45) is -5.12. The molecule has 17 heavy (non-hydrogen) atoms. The fourth-order valence-corrected chi connectivity index (χ4v) is 0.955. The lowest BCUT2D eigenvalue weighted by atomic mass is 10.3. The maximum atomic E-state index is 12.3. The van der Waals surface area contributed by atoms with Gasteiger partial charge in [0.15, 0.2) is 12.4 Å². The largest absolute Gasteiger partial charge is 0.573 e. The van der Waals surface area contributed by atoms with Crippen LogP contribution < -0.4 is 4.74 Å². The molecule has 0 amide bonds. The average molecular weight is 256 g/mol. The molecule has 0 atom stereocenters. The predicted molar refractivity (Wildman–Crippen MR) is 44.1 cm³/mol. The first-order valence-corrected chi connectivity index (χ1v) is 3.93. The van der Waals surface area contributed by atoms with E-state index in [-0.39, 0.29) is 6.07 Å². The smallest absolute Gasteiger partial charge is 0.501 e. The molecule has 0 aromatic carbocycles. The molecule has 0 saturated carbocycles. The van der Waals surface area contributed by atoms with Crippen LogP contribution in [0.15, 0.2) is 6.07 Å². The summed E-state index contributed by atoms with van der Waals surface area (Å²) in [5.41, 5.74) is -0.924. The molecule has 0 aliphatic heterocycles. The summed E-state index contributed by atoms with van der Waals surface area (Å²) in [7, 11) is 0. The molecule has 0 spiro atoms. The first kappa shape index (κ1) is 12.9. The molecule has 0 aliphatic carbocycles. The molecule has 0 radical (unpaired) electrons. The molecule has 1 rings (SSSR count). The number of nitro groups is 1. The van der Waals surface area contributed by atoms with Crippen molar-refractivity contribution in [1.82, 2.24) is 4.98 Å². The van der Waals surface area contributed by atoms with Gasteiger partial charge >= 0.3 is 12.2 Å². The van der Waals surface area contributed by atoms with Crippen LogP contribution in [-0.2, 0) is 6.67 Å². The average Bonchev–Trinajstić information content (AvgIpc) is 2.14. The molecule has 0 bridgehead atoms. The summed E-state index contributed by atoms with van der Waals surface area (Å²) in [6, 6.07) is 0.285. The fraction of sp³-hybridized carbons (Fsp3) is 0.286. The Balaban J connectivity index is 3.24. The van der Waals surface area contributed by atoms with Gasteiger partial charge in [0, 0.05) is 6.07 Å². The summed E-state index contributed by atoms with van der Waals surface area (Å²) < 4.78 is 51.3. The van der Waals surface area contributed by atoms with Crippen molar-refractivity contribution in [1.29, 1.82) is 0 Å². The molecular formula is C7H4F4N2O4. The summed E-state index contributed by atoms with van der Waals surface area (Å²) in [5.74, 6) is -3.42. The number of alkyl halides is 4. The Bertz CT molecular complexity index is 448. The van der Waals surface area contributed by atoms with Crippen LogP contribution >= 0.6 is 0 Å². The van der Waals surface area contributed by atoms with Crippen LogP contribution in [-0.4, -0.2) is 21.4 Å². The molecule has 1 aromatic rings. The van der Waals surface area contributed by atoms with E-state index in [9.17, 15) is 27.7 Å². The van der Waals surface area contributed by atoms with Gasteiger partial charge in [-0.25, -0.2) is 4.39 Å². The van der Waals surface area contributed by atoms with Crippen molar-refractivity contribution in [3.63, 3.8) is 0 Å². The minimum atomic E-state index is -5.12. The summed E-state index contributed by atoms with van der Waals surface area (Å²) in [5, 5.41) is 19.3. The van der Waals surface area contributed by atoms with Crippen LogP contribution in [0.4, 0.5) is 23.4 Å². The minimum Gasteiger partial charge on any atom is -0.501 e. The van der Waals surface area contributed by atoms with Crippen LogP contribution in [0.2, 0.25) is 0 Å². The monoisotopic (exact) mass is 256 g/mol. The van der Waals surface area contributed by atoms with E-state index in [1.54, 1.807) is 0 Å². The molecule has 10 heteroatoms. The van der Waals surface area contributed by atoms with E-state index >= 15 is 0 Å². The fourth-order valence-electron chi connectivity index (χ4n) is 0.955. The van der Waals surface area contributed by atoms with Gasteiger partial charge in [-0.2, -0.15) is 0 Å². The molecule has 0 aliphatic rings. The van der Waals surface area contributed by atoms with Gasteiger partial charge in [0.2, 0.25) is 11.4 Å². The van der Waals surface area contributed by atoms with Gasteiger partial charge in [0.05, 0.1) is 0 Å². The Morgan fingerprint density at radius 2 is 2.12 bits per heavy atom. The minimum absolute atomic E-state index is 0.285. The Labute approximate surface area is 90.6 Å². The molecule has 1 N–H and O–H groups in total. The van der Waals surface area contributed by atoms with Gasteiger partial charge in [0.1, 0.15) is 0 Å². The summed E-state index contributed by atoms with van der Waals surface area (Å²) in [6.45, 7) is -1.51. The van der Waals surface area contributed by atoms with Crippen LogP contribution in [0.1, 0.15) is 5.69 Å². The van der Waals surface area contributed by atoms with E-state index in [1.807, 2.05) is 0 Å². The van der Waals surface area contributed by atoms with Crippen molar-refractivity contribution in [3.8, 4) is 11.5 Å².